The van der Waals surface area contributed by atoms with Gasteiger partial charge in [-0.3, -0.25) is 4.72 Å². The van der Waals surface area contributed by atoms with E-state index in [0.717, 1.165) is 6.07 Å². The Morgan fingerprint density at radius 3 is 2.19 bits per heavy atom. The normalized spacial score (nSPS) is 11.4. The summed E-state index contributed by atoms with van der Waals surface area (Å²) in [5.41, 5.74) is 4.05. The van der Waals surface area contributed by atoms with E-state index < -0.39 is 49.6 Å². The van der Waals surface area contributed by atoms with Crippen LogP contribution in [0.3, 0.4) is 0 Å². The van der Waals surface area contributed by atoms with E-state index in [1.807, 2.05) is 0 Å². The number of hydrogen-bond acceptors (Lipinski definition) is 3. The maximum absolute atomic E-state index is 13.5. The molecule has 4 nitrogen and oxygen atoms in total. The maximum atomic E-state index is 13.5. The molecule has 112 valence electrons. The molecule has 0 aliphatic rings. The van der Waals surface area contributed by atoms with Crippen molar-refractivity contribution in [3.8, 4) is 0 Å². The molecule has 0 atom stereocenters. The number of nitrogens with one attached hydrogen (secondary N) is 1. The number of anilines is 2. The fourth-order valence-corrected chi connectivity index (χ4v) is 2.66. The van der Waals surface area contributed by atoms with Crippen molar-refractivity contribution in [3.63, 3.8) is 0 Å². The van der Waals surface area contributed by atoms with Crippen molar-refractivity contribution in [2.24, 2.45) is 0 Å². The Morgan fingerprint density at radius 2 is 1.57 bits per heavy atom. The first-order chi connectivity index (χ1) is 9.70. The number of hydrogen-bond donors (Lipinski definition) is 2. The van der Waals surface area contributed by atoms with E-state index in [4.69, 9.17) is 5.73 Å². The van der Waals surface area contributed by atoms with Crippen molar-refractivity contribution in [3.05, 3.63) is 53.6 Å². The number of sulfonamides is 1. The highest BCUT2D eigenvalue weighted by atomic mass is 32.2. The molecule has 0 saturated carbocycles. The van der Waals surface area contributed by atoms with Gasteiger partial charge in [-0.2, -0.15) is 0 Å². The van der Waals surface area contributed by atoms with Gasteiger partial charge in [0.15, 0.2) is 0 Å². The van der Waals surface area contributed by atoms with Crippen LogP contribution in [-0.4, -0.2) is 8.42 Å². The minimum Gasteiger partial charge on any atom is -0.396 e. The van der Waals surface area contributed by atoms with Gasteiger partial charge < -0.3 is 5.73 Å². The number of nitrogen functional groups attached to an aromatic ring is 1. The first kappa shape index (κ1) is 15.1. The van der Waals surface area contributed by atoms with E-state index in [2.05, 4.69) is 0 Å². The second-order valence-corrected chi connectivity index (χ2v) is 5.68. The van der Waals surface area contributed by atoms with Gasteiger partial charge in [-0.15, -0.1) is 0 Å². The van der Waals surface area contributed by atoms with Gasteiger partial charge in [0.1, 0.15) is 28.2 Å². The molecule has 0 unspecified atom stereocenters. The van der Waals surface area contributed by atoms with Crippen molar-refractivity contribution in [2.75, 3.05) is 10.5 Å². The van der Waals surface area contributed by atoms with Gasteiger partial charge in [0.2, 0.25) is 0 Å². The number of halogens is 4. The monoisotopic (exact) mass is 320 g/mol. The highest BCUT2D eigenvalue weighted by molar-refractivity contribution is 7.92. The predicted octanol–water partition coefficient (Wildman–Crippen LogP) is 2.63. The average Bonchev–Trinajstić information content (AvgIpc) is 2.35. The Morgan fingerprint density at radius 1 is 0.905 bits per heavy atom. The summed E-state index contributed by atoms with van der Waals surface area (Å²) in [6.07, 6.45) is 0. The summed E-state index contributed by atoms with van der Waals surface area (Å²) < 4.78 is 78.2. The number of benzene rings is 2. The van der Waals surface area contributed by atoms with E-state index in [9.17, 15) is 26.0 Å². The summed E-state index contributed by atoms with van der Waals surface area (Å²) in [6.45, 7) is 0. The topological polar surface area (TPSA) is 72.2 Å². The fourth-order valence-electron chi connectivity index (χ4n) is 1.54. The Balaban J connectivity index is 2.45. The van der Waals surface area contributed by atoms with Crippen LogP contribution in [0.25, 0.3) is 0 Å². The summed E-state index contributed by atoms with van der Waals surface area (Å²) in [5.74, 6) is -4.61. The number of rotatable bonds is 3. The van der Waals surface area contributed by atoms with Crippen molar-refractivity contribution in [2.45, 2.75) is 4.90 Å². The van der Waals surface area contributed by atoms with Crippen LogP contribution in [0, 0.1) is 23.3 Å². The molecule has 0 aromatic heterocycles. The molecule has 0 radical (unpaired) electrons. The van der Waals surface area contributed by atoms with E-state index in [-0.39, 0.29) is 0 Å². The zero-order valence-corrected chi connectivity index (χ0v) is 11.0. The van der Waals surface area contributed by atoms with Gasteiger partial charge in [0, 0.05) is 12.1 Å². The van der Waals surface area contributed by atoms with Crippen LogP contribution in [0.5, 0.6) is 0 Å². The molecule has 21 heavy (non-hydrogen) atoms. The lowest BCUT2D eigenvalue weighted by Crippen LogP contribution is -2.16. The molecule has 0 heterocycles. The van der Waals surface area contributed by atoms with Crippen LogP contribution < -0.4 is 10.5 Å². The Labute approximate surface area is 117 Å². The minimum absolute atomic E-state index is 0.365. The van der Waals surface area contributed by atoms with E-state index in [1.165, 1.54) is 0 Å². The standard InChI is InChI=1S/C12H8F4N2O2S/c13-6-1-2-12(9(16)3-6)21(19,20)18-11-5-10(17)7(14)4-8(11)15/h1-5,18H,17H2. The Kier molecular flexibility index (Phi) is 3.77. The van der Waals surface area contributed by atoms with Crippen LogP contribution in [0.1, 0.15) is 0 Å². The summed E-state index contributed by atoms with van der Waals surface area (Å²) in [5, 5.41) is 0. The van der Waals surface area contributed by atoms with Gasteiger partial charge in [-0.05, 0) is 18.2 Å². The van der Waals surface area contributed by atoms with Crippen LogP contribution in [0.4, 0.5) is 28.9 Å². The summed E-state index contributed by atoms with van der Waals surface area (Å²) in [4.78, 5) is -0.883. The van der Waals surface area contributed by atoms with E-state index >= 15 is 0 Å². The van der Waals surface area contributed by atoms with Gasteiger partial charge >= 0.3 is 0 Å². The molecule has 3 N–H and O–H groups in total. The molecule has 9 heteroatoms. The van der Waals surface area contributed by atoms with Crippen LogP contribution >= 0.6 is 0 Å². The first-order valence-corrected chi connectivity index (χ1v) is 6.91. The Hall–Kier alpha value is -2.29. The lowest BCUT2D eigenvalue weighted by molar-refractivity contribution is 0.550. The Bertz CT molecular complexity index is 809. The summed E-state index contributed by atoms with van der Waals surface area (Å²) in [7, 11) is -4.52. The van der Waals surface area contributed by atoms with Crippen molar-refractivity contribution in [1.82, 2.24) is 0 Å². The maximum Gasteiger partial charge on any atom is 0.264 e. The second-order valence-electron chi connectivity index (χ2n) is 4.03. The zero-order valence-electron chi connectivity index (χ0n) is 10.2. The van der Waals surface area contributed by atoms with E-state index in [1.54, 1.807) is 4.72 Å². The van der Waals surface area contributed by atoms with Crippen molar-refractivity contribution in [1.29, 1.82) is 0 Å². The second kappa shape index (κ2) is 5.24. The minimum atomic E-state index is -4.52. The molecule has 0 bridgehead atoms. The summed E-state index contributed by atoms with van der Waals surface area (Å²) >= 11 is 0. The third kappa shape index (κ3) is 3.07. The summed E-state index contributed by atoms with van der Waals surface area (Å²) in [6, 6.07) is 2.87. The molecule has 0 aliphatic carbocycles. The number of nitrogens with two attached hydrogens (primary N) is 1. The highest BCUT2D eigenvalue weighted by Gasteiger charge is 2.21. The molecule has 0 spiro atoms. The average molecular weight is 320 g/mol. The SMILES string of the molecule is Nc1cc(NS(=O)(=O)c2ccc(F)cc2F)c(F)cc1F. The third-order valence-electron chi connectivity index (χ3n) is 2.51. The molecule has 0 amide bonds. The molecule has 2 aromatic carbocycles. The lowest BCUT2D eigenvalue weighted by Gasteiger charge is -2.10. The van der Waals surface area contributed by atoms with Crippen molar-refractivity contribution >= 4 is 21.4 Å². The van der Waals surface area contributed by atoms with Gasteiger partial charge in [-0.25, -0.2) is 26.0 Å². The molecular weight excluding hydrogens is 312 g/mol. The molecule has 0 aliphatic heterocycles. The molecule has 0 fully saturated rings. The molecule has 0 saturated heterocycles. The zero-order chi connectivity index (χ0) is 15.8. The van der Waals surface area contributed by atoms with Crippen LogP contribution in [0.2, 0.25) is 0 Å². The smallest absolute Gasteiger partial charge is 0.264 e. The van der Waals surface area contributed by atoms with Gasteiger partial charge in [0.25, 0.3) is 10.0 Å². The van der Waals surface area contributed by atoms with E-state index in [0.29, 0.717) is 24.3 Å². The van der Waals surface area contributed by atoms with Gasteiger partial charge in [0.05, 0.1) is 11.4 Å². The first-order valence-electron chi connectivity index (χ1n) is 5.43. The third-order valence-corrected chi connectivity index (χ3v) is 3.91. The van der Waals surface area contributed by atoms with Crippen LogP contribution in [0.15, 0.2) is 35.2 Å². The molecule has 2 rings (SSSR count). The largest absolute Gasteiger partial charge is 0.396 e. The quantitative estimate of drug-likeness (QED) is 0.674. The highest BCUT2D eigenvalue weighted by Crippen LogP contribution is 2.25. The fraction of sp³-hybridized carbons (Fsp3) is 0. The van der Waals surface area contributed by atoms with Crippen molar-refractivity contribution < 1.29 is 26.0 Å². The molecular formula is C12H8F4N2O2S. The predicted molar refractivity (Wildman–Crippen MR) is 67.9 cm³/mol. The van der Waals surface area contributed by atoms with Gasteiger partial charge in [-0.1, -0.05) is 0 Å². The lowest BCUT2D eigenvalue weighted by atomic mass is 10.2. The van der Waals surface area contributed by atoms with Crippen LogP contribution in [-0.2, 0) is 10.0 Å². The molecule has 2 aromatic rings.